The molecule has 1 aliphatic heterocycles. The van der Waals surface area contributed by atoms with E-state index in [1.54, 1.807) is 4.31 Å². The Morgan fingerprint density at radius 1 is 1.33 bits per heavy atom. The Labute approximate surface area is 131 Å². The molecule has 0 unspecified atom stereocenters. The zero-order valence-electron chi connectivity index (χ0n) is 12.5. The first-order valence-corrected chi connectivity index (χ1v) is 9.10. The van der Waals surface area contributed by atoms with Crippen LogP contribution in [0.4, 0.5) is 0 Å². The van der Waals surface area contributed by atoms with Gasteiger partial charge in [-0.2, -0.15) is 4.31 Å². The fraction of sp³-hybridized carbons (Fsp3) is 0.600. The number of nitrogens with zero attached hydrogens (tertiary/aromatic N) is 1. The molecule has 1 aromatic carbocycles. The molecule has 0 radical (unpaired) electrons. The average Bonchev–Trinajstić information content (AvgIpc) is 2.93. The van der Waals surface area contributed by atoms with Crippen LogP contribution in [0.25, 0.3) is 0 Å². The van der Waals surface area contributed by atoms with E-state index in [1.807, 2.05) is 0 Å². The van der Waals surface area contributed by atoms with Gasteiger partial charge >= 0.3 is 0 Å². The summed E-state index contributed by atoms with van der Waals surface area (Å²) in [5.74, 6) is 0. The van der Waals surface area contributed by atoms with E-state index in [1.165, 1.54) is 18.2 Å². The molecule has 1 fully saturated rings. The highest BCUT2D eigenvalue weighted by Gasteiger charge is 2.40. The molecule has 1 heterocycles. The number of hydrogen-bond donors (Lipinski definition) is 1. The van der Waals surface area contributed by atoms with Crippen molar-refractivity contribution in [3.63, 3.8) is 0 Å². The predicted molar refractivity (Wildman–Crippen MR) is 83.8 cm³/mol. The number of aliphatic hydroxyl groups is 1. The zero-order chi connectivity index (χ0) is 15.7. The van der Waals surface area contributed by atoms with E-state index < -0.39 is 10.0 Å². The van der Waals surface area contributed by atoms with Crippen LogP contribution in [0.1, 0.15) is 38.7 Å². The Balaban J connectivity index is 2.31. The summed E-state index contributed by atoms with van der Waals surface area (Å²) in [7, 11) is -3.52. The van der Waals surface area contributed by atoms with Crippen LogP contribution >= 0.6 is 11.6 Å². The van der Waals surface area contributed by atoms with Crippen molar-refractivity contribution in [2.75, 3.05) is 13.1 Å². The van der Waals surface area contributed by atoms with Gasteiger partial charge < -0.3 is 5.11 Å². The molecule has 0 bridgehead atoms. The lowest BCUT2D eigenvalue weighted by Crippen LogP contribution is -2.32. The van der Waals surface area contributed by atoms with E-state index in [9.17, 15) is 13.5 Å². The van der Waals surface area contributed by atoms with Crippen LogP contribution in [0.3, 0.4) is 0 Å². The highest BCUT2D eigenvalue weighted by atomic mass is 35.5. The van der Waals surface area contributed by atoms with E-state index in [-0.39, 0.29) is 16.9 Å². The summed E-state index contributed by atoms with van der Waals surface area (Å²) < 4.78 is 27.0. The monoisotopic (exact) mass is 331 g/mol. The fourth-order valence-electron chi connectivity index (χ4n) is 2.91. The number of sulfonamides is 1. The van der Waals surface area contributed by atoms with E-state index in [4.69, 9.17) is 11.6 Å². The molecule has 0 saturated carbocycles. The molecule has 21 heavy (non-hydrogen) atoms. The Hall–Kier alpha value is -0.620. The number of hydrogen-bond acceptors (Lipinski definition) is 3. The molecule has 0 aromatic heterocycles. The minimum atomic E-state index is -3.52. The molecule has 0 spiro atoms. The van der Waals surface area contributed by atoms with Gasteiger partial charge in [0.05, 0.1) is 11.5 Å². The molecule has 1 aromatic rings. The van der Waals surface area contributed by atoms with Crippen LogP contribution in [0, 0.1) is 5.41 Å². The fourth-order valence-corrected chi connectivity index (χ4v) is 4.69. The average molecular weight is 332 g/mol. The SMILES string of the molecule is CCC1(CC)CCN(S(=O)(=O)c2ccc(Cl)c(CO)c2)C1. The van der Waals surface area contributed by atoms with Crippen LogP contribution in [0.15, 0.2) is 23.1 Å². The van der Waals surface area contributed by atoms with Gasteiger partial charge in [0.15, 0.2) is 0 Å². The highest BCUT2D eigenvalue weighted by molar-refractivity contribution is 7.89. The molecule has 1 N–H and O–H groups in total. The van der Waals surface area contributed by atoms with E-state index in [0.717, 1.165) is 19.3 Å². The third-order valence-corrected chi connectivity index (χ3v) is 6.94. The van der Waals surface area contributed by atoms with Crippen LogP contribution in [-0.4, -0.2) is 30.9 Å². The van der Waals surface area contributed by atoms with Crippen molar-refractivity contribution in [2.45, 2.75) is 44.6 Å². The first kappa shape index (κ1) is 16.7. The first-order valence-electron chi connectivity index (χ1n) is 7.28. The number of aliphatic hydroxyl groups excluding tert-OH is 1. The van der Waals surface area contributed by atoms with Gasteiger partial charge in [-0.1, -0.05) is 25.4 Å². The third-order valence-electron chi connectivity index (χ3n) is 4.73. The van der Waals surface area contributed by atoms with Gasteiger partial charge in [0.25, 0.3) is 0 Å². The van der Waals surface area contributed by atoms with Gasteiger partial charge in [0, 0.05) is 18.1 Å². The second kappa shape index (κ2) is 6.24. The van der Waals surface area contributed by atoms with Gasteiger partial charge in [-0.05, 0) is 48.4 Å². The smallest absolute Gasteiger partial charge is 0.243 e. The minimum Gasteiger partial charge on any atom is -0.392 e. The number of halogens is 1. The Morgan fingerprint density at radius 2 is 2.00 bits per heavy atom. The lowest BCUT2D eigenvalue weighted by Gasteiger charge is -2.26. The van der Waals surface area contributed by atoms with E-state index in [2.05, 4.69) is 13.8 Å². The van der Waals surface area contributed by atoms with Crippen molar-refractivity contribution >= 4 is 21.6 Å². The maximum atomic E-state index is 12.7. The van der Waals surface area contributed by atoms with Gasteiger partial charge in [0.2, 0.25) is 10.0 Å². The van der Waals surface area contributed by atoms with Gasteiger partial charge in [-0.3, -0.25) is 0 Å². The van der Waals surface area contributed by atoms with Crippen LogP contribution < -0.4 is 0 Å². The zero-order valence-corrected chi connectivity index (χ0v) is 14.0. The molecule has 118 valence electrons. The van der Waals surface area contributed by atoms with Crippen molar-refractivity contribution in [1.82, 2.24) is 4.31 Å². The number of rotatable bonds is 5. The summed E-state index contributed by atoms with van der Waals surface area (Å²) in [6.45, 7) is 5.09. The van der Waals surface area contributed by atoms with Gasteiger partial charge in [0.1, 0.15) is 0 Å². The first-order chi connectivity index (χ1) is 9.88. The maximum Gasteiger partial charge on any atom is 0.243 e. The predicted octanol–water partition coefficient (Wildman–Crippen LogP) is 3.03. The molecule has 6 heteroatoms. The summed E-state index contributed by atoms with van der Waals surface area (Å²) in [5, 5.41) is 9.62. The minimum absolute atomic E-state index is 0.0965. The summed E-state index contributed by atoms with van der Waals surface area (Å²) in [6.07, 6.45) is 2.87. The van der Waals surface area contributed by atoms with Crippen molar-refractivity contribution in [3.05, 3.63) is 28.8 Å². The highest BCUT2D eigenvalue weighted by Crippen LogP contribution is 2.39. The maximum absolute atomic E-state index is 12.7. The molecule has 0 amide bonds. The van der Waals surface area contributed by atoms with Crippen LogP contribution in [0.2, 0.25) is 5.02 Å². The van der Waals surface area contributed by atoms with Crippen molar-refractivity contribution in [2.24, 2.45) is 5.41 Å². The van der Waals surface area contributed by atoms with Gasteiger partial charge in [-0.15, -0.1) is 0 Å². The van der Waals surface area contributed by atoms with Crippen molar-refractivity contribution in [1.29, 1.82) is 0 Å². The Kier molecular flexibility index (Phi) is 4.98. The summed E-state index contributed by atoms with van der Waals surface area (Å²) in [5.41, 5.74) is 0.536. The second-order valence-electron chi connectivity index (χ2n) is 5.71. The van der Waals surface area contributed by atoms with E-state index >= 15 is 0 Å². The molecule has 1 saturated heterocycles. The molecule has 0 atom stereocenters. The lowest BCUT2D eigenvalue weighted by molar-refractivity contribution is 0.279. The standard InChI is InChI=1S/C15H22ClNO3S/c1-3-15(4-2)7-8-17(11-15)21(19,20)13-5-6-14(16)12(9-13)10-18/h5-6,9,18H,3-4,7-8,10-11H2,1-2H3. The quantitative estimate of drug-likeness (QED) is 0.902. The summed E-state index contributed by atoms with van der Waals surface area (Å²) in [6, 6.07) is 4.51. The molecular formula is C15H22ClNO3S. The molecule has 2 rings (SSSR count). The normalized spacial score (nSPS) is 19.0. The topological polar surface area (TPSA) is 57.6 Å². The molecule has 0 aliphatic carbocycles. The molecule has 4 nitrogen and oxygen atoms in total. The van der Waals surface area contributed by atoms with Crippen LogP contribution in [0.5, 0.6) is 0 Å². The molecular weight excluding hydrogens is 310 g/mol. The van der Waals surface area contributed by atoms with Crippen molar-refractivity contribution in [3.8, 4) is 0 Å². The van der Waals surface area contributed by atoms with E-state index in [0.29, 0.717) is 23.7 Å². The third kappa shape index (κ3) is 3.11. The van der Waals surface area contributed by atoms with Crippen molar-refractivity contribution < 1.29 is 13.5 Å². The Bertz CT molecular complexity index is 611. The molecule has 1 aliphatic rings. The largest absolute Gasteiger partial charge is 0.392 e. The summed E-state index contributed by atoms with van der Waals surface area (Å²) >= 11 is 5.93. The van der Waals surface area contributed by atoms with Crippen LogP contribution in [-0.2, 0) is 16.6 Å². The second-order valence-corrected chi connectivity index (χ2v) is 8.05. The van der Waals surface area contributed by atoms with Gasteiger partial charge in [-0.25, -0.2) is 8.42 Å². The number of benzene rings is 1. The lowest BCUT2D eigenvalue weighted by atomic mass is 9.82. The Morgan fingerprint density at radius 3 is 2.52 bits per heavy atom. The summed E-state index contributed by atoms with van der Waals surface area (Å²) in [4.78, 5) is 0.207.